The van der Waals surface area contributed by atoms with Crippen LogP contribution in [0, 0.1) is 0 Å². The number of unbranched alkanes of at least 4 members (excludes halogenated alkanes) is 1. The first-order valence-corrected chi connectivity index (χ1v) is 4.92. The van der Waals surface area contributed by atoms with E-state index in [1.165, 1.54) is 0 Å². The van der Waals surface area contributed by atoms with Gasteiger partial charge in [-0.2, -0.15) is 0 Å². The Morgan fingerprint density at radius 1 is 1.31 bits per heavy atom. The van der Waals surface area contributed by atoms with Crippen LogP contribution >= 0.6 is 0 Å². The lowest BCUT2D eigenvalue weighted by Gasteiger charge is -2.05. The van der Waals surface area contributed by atoms with Gasteiger partial charge in [-0.3, -0.25) is 10.2 Å². The summed E-state index contributed by atoms with van der Waals surface area (Å²) in [5, 5.41) is 0. The van der Waals surface area contributed by atoms with E-state index in [1.54, 1.807) is 0 Å². The topological polar surface area (TPSA) is 41.1 Å². The van der Waals surface area contributed by atoms with Crippen molar-refractivity contribution >= 4 is 5.91 Å². The van der Waals surface area contributed by atoms with E-state index in [-0.39, 0.29) is 5.91 Å². The number of rotatable bonds is 6. The minimum absolute atomic E-state index is 0.0260. The van der Waals surface area contributed by atoms with Crippen LogP contribution in [0.4, 0.5) is 0 Å². The highest BCUT2D eigenvalue weighted by atomic mass is 16.2. The largest absolute Gasteiger partial charge is 0.288 e. The summed E-state index contributed by atoms with van der Waals surface area (Å²) < 4.78 is 0. The van der Waals surface area contributed by atoms with Crippen molar-refractivity contribution < 1.29 is 4.79 Å². The number of nitrogens with one attached hydrogen (secondary N) is 2. The summed E-state index contributed by atoms with van der Waals surface area (Å²) in [5.74, 6) is -0.0260. The van der Waals surface area contributed by atoms with E-state index >= 15 is 0 Å². The first kappa shape index (κ1) is 12.2. The van der Waals surface area contributed by atoms with Gasteiger partial charge in [-0.1, -0.05) is 26.3 Å². The van der Waals surface area contributed by atoms with Gasteiger partial charge in [0, 0.05) is 12.1 Å². The molecule has 0 aromatic heterocycles. The van der Waals surface area contributed by atoms with Crippen LogP contribution in [-0.4, -0.2) is 12.5 Å². The van der Waals surface area contributed by atoms with Gasteiger partial charge in [0.25, 0.3) is 5.91 Å². The quantitative estimate of drug-likeness (QED) is 0.375. The summed E-state index contributed by atoms with van der Waals surface area (Å²) >= 11 is 0. The molecule has 0 aliphatic carbocycles. The first-order chi connectivity index (χ1) is 6.22. The van der Waals surface area contributed by atoms with Crippen LogP contribution in [0.25, 0.3) is 0 Å². The summed E-state index contributed by atoms with van der Waals surface area (Å²) in [7, 11) is 0. The molecule has 0 atom stereocenters. The second kappa shape index (κ2) is 7.80. The molecule has 0 spiro atoms. The lowest BCUT2D eigenvalue weighted by Crippen LogP contribution is -2.38. The zero-order valence-electron chi connectivity index (χ0n) is 8.81. The molecule has 0 heterocycles. The van der Waals surface area contributed by atoms with Gasteiger partial charge in [-0.25, -0.2) is 5.43 Å². The molecule has 0 aromatic carbocycles. The van der Waals surface area contributed by atoms with Gasteiger partial charge in [0.05, 0.1) is 0 Å². The van der Waals surface area contributed by atoms with Crippen LogP contribution in [0.5, 0.6) is 0 Å². The Labute approximate surface area is 80.6 Å². The summed E-state index contributed by atoms with van der Waals surface area (Å²) in [6, 6.07) is 0. The highest BCUT2D eigenvalue weighted by molar-refractivity contribution is 5.92. The number of hydrogen-bond acceptors (Lipinski definition) is 2. The minimum atomic E-state index is -0.0260. The van der Waals surface area contributed by atoms with E-state index in [4.69, 9.17) is 0 Å². The first-order valence-electron chi connectivity index (χ1n) is 4.92. The fourth-order valence-corrected chi connectivity index (χ4v) is 0.820. The molecule has 76 valence electrons. The molecule has 0 saturated heterocycles. The molecule has 3 heteroatoms. The molecule has 2 N–H and O–H groups in total. The second-order valence-electron chi connectivity index (χ2n) is 3.06. The van der Waals surface area contributed by atoms with E-state index < -0.39 is 0 Å². The smallest absolute Gasteiger partial charge is 0.260 e. The molecule has 0 aliphatic rings. The number of allylic oxidation sites excluding steroid dienone is 1. The SMILES string of the molecule is CCCC=C(C)C(=O)NNCCC. The van der Waals surface area contributed by atoms with E-state index in [0.717, 1.165) is 31.4 Å². The predicted octanol–water partition coefficient (Wildman–Crippen LogP) is 1.76. The third-order valence-electron chi connectivity index (χ3n) is 1.67. The van der Waals surface area contributed by atoms with Crippen molar-refractivity contribution in [3.05, 3.63) is 11.6 Å². The number of carbonyl (C=O) groups excluding carboxylic acids is 1. The Hall–Kier alpha value is -0.830. The average Bonchev–Trinajstić information content (AvgIpc) is 2.14. The van der Waals surface area contributed by atoms with Gasteiger partial charge < -0.3 is 0 Å². The van der Waals surface area contributed by atoms with Crippen LogP contribution < -0.4 is 10.9 Å². The van der Waals surface area contributed by atoms with E-state index in [1.807, 2.05) is 13.0 Å². The molecule has 0 radical (unpaired) electrons. The maximum atomic E-state index is 11.3. The Kier molecular flexibility index (Phi) is 7.30. The van der Waals surface area contributed by atoms with Crippen molar-refractivity contribution in [3.63, 3.8) is 0 Å². The third-order valence-corrected chi connectivity index (χ3v) is 1.67. The summed E-state index contributed by atoms with van der Waals surface area (Å²) in [6.45, 7) is 6.79. The fourth-order valence-electron chi connectivity index (χ4n) is 0.820. The molecule has 0 rings (SSSR count). The number of hydrazine groups is 1. The molecular formula is C10H20N2O. The van der Waals surface area contributed by atoms with Crippen molar-refractivity contribution in [2.45, 2.75) is 40.0 Å². The van der Waals surface area contributed by atoms with Crippen molar-refractivity contribution in [1.29, 1.82) is 0 Å². The van der Waals surface area contributed by atoms with Crippen LogP contribution in [0.1, 0.15) is 40.0 Å². The normalized spacial score (nSPS) is 11.5. The van der Waals surface area contributed by atoms with Crippen LogP contribution in [-0.2, 0) is 4.79 Å². The van der Waals surface area contributed by atoms with Gasteiger partial charge in [-0.15, -0.1) is 0 Å². The molecule has 0 aromatic rings. The fraction of sp³-hybridized carbons (Fsp3) is 0.700. The second-order valence-corrected chi connectivity index (χ2v) is 3.06. The molecule has 0 aliphatic heterocycles. The van der Waals surface area contributed by atoms with Gasteiger partial charge in [0.1, 0.15) is 0 Å². The molecular weight excluding hydrogens is 164 g/mol. The summed E-state index contributed by atoms with van der Waals surface area (Å²) in [5.41, 5.74) is 6.27. The molecule has 0 unspecified atom stereocenters. The van der Waals surface area contributed by atoms with Crippen LogP contribution in [0.3, 0.4) is 0 Å². The van der Waals surface area contributed by atoms with Gasteiger partial charge in [0.2, 0.25) is 0 Å². The summed E-state index contributed by atoms with van der Waals surface area (Å²) in [6.07, 6.45) is 5.01. The number of amides is 1. The van der Waals surface area contributed by atoms with E-state index in [2.05, 4.69) is 24.7 Å². The van der Waals surface area contributed by atoms with Gasteiger partial charge in [-0.05, 0) is 19.8 Å². The van der Waals surface area contributed by atoms with Crippen molar-refractivity contribution in [3.8, 4) is 0 Å². The molecule has 1 amide bonds. The molecule has 3 nitrogen and oxygen atoms in total. The highest BCUT2D eigenvalue weighted by Gasteiger charge is 2.00. The van der Waals surface area contributed by atoms with Crippen molar-refractivity contribution in [2.75, 3.05) is 6.54 Å². The number of hydrogen-bond donors (Lipinski definition) is 2. The highest BCUT2D eigenvalue weighted by Crippen LogP contribution is 1.97. The van der Waals surface area contributed by atoms with Crippen molar-refractivity contribution in [2.24, 2.45) is 0 Å². The van der Waals surface area contributed by atoms with E-state index in [9.17, 15) is 4.79 Å². The predicted molar refractivity (Wildman–Crippen MR) is 55.1 cm³/mol. The standard InChI is InChI=1S/C10H20N2O/c1-4-6-7-9(3)10(13)12-11-8-5-2/h7,11H,4-6,8H2,1-3H3,(H,12,13). The van der Waals surface area contributed by atoms with Gasteiger partial charge in [0.15, 0.2) is 0 Å². The Bertz CT molecular complexity index is 176. The Balaban J connectivity index is 3.69. The monoisotopic (exact) mass is 184 g/mol. The lowest BCUT2D eigenvalue weighted by atomic mass is 10.2. The lowest BCUT2D eigenvalue weighted by molar-refractivity contribution is -0.118. The molecule has 0 saturated carbocycles. The minimum Gasteiger partial charge on any atom is -0.288 e. The van der Waals surface area contributed by atoms with E-state index in [0.29, 0.717) is 0 Å². The summed E-state index contributed by atoms with van der Waals surface area (Å²) in [4.78, 5) is 11.3. The van der Waals surface area contributed by atoms with Crippen molar-refractivity contribution in [1.82, 2.24) is 10.9 Å². The zero-order chi connectivity index (χ0) is 10.1. The third kappa shape index (κ3) is 6.34. The maximum absolute atomic E-state index is 11.3. The van der Waals surface area contributed by atoms with Gasteiger partial charge >= 0.3 is 0 Å². The molecule has 0 fully saturated rings. The van der Waals surface area contributed by atoms with Crippen LogP contribution in [0.2, 0.25) is 0 Å². The Morgan fingerprint density at radius 3 is 2.54 bits per heavy atom. The average molecular weight is 184 g/mol. The zero-order valence-corrected chi connectivity index (χ0v) is 8.81. The molecule has 0 bridgehead atoms. The van der Waals surface area contributed by atoms with Crippen LogP contribution in [0.15, 0.2) is 11.6 Å². The molecule has 13 heavy (non-hydrogen) atoms. The maximum Gasteiger partial charge on any atom is 0.260 e. The number of carbonyl (C=O) groups is 1. The Morgan fingerprint density at radius 2 is 2.00 bits per heavy atom.